The molecule has 1 aliphatic rings. The van der Waals surface area contributed by atoms with Gasteiger partial charge >= 0.3 is 5.97 Å². The van der Waals surface area contributed by atoms with E-state index in [1.165, 1.54) is 23.3 Å². The average molecular weight is 408 g/mol. The van der Waals surface area contributed by atoms with Crippen LogP contribution in [-0.4, -0.2) is 19.0 Å². The molecule has 0 fully saturated rings. The molecule has 3 rings (SSSR count). The summed E-state index contributed by atoms with van der Waals surface area (Å²) in [6.07, 6.45) is 2.84. The van der Waals surface area contributed by atoms with Crippen LogP contribution in [0.3, 0.4) is 0 Å². The number of rotatable bonds is 3. The Hall–Kier alpha value is -1.66. The molecular weight excluding hydrogens is 390 g/mol. The molecule has 2 aromatic rings. The molecule has 0 aliphatic heterocycles. The van der Waals surface area contributed by atoms with Crippen LogP contribution >= 0.6 is 27.3 Å². The maximum Gasteiger partial charge on any atom is 0.341 e. The number of anilines is 1. The Bertz CT molecular complexity index is 782. The number of hydrogen-bond acceptors (Lipinski definition) is 4. The van der Waals surface area contributed by atoms with Gasteiger partial charge in [0.2, 0.25) is 0 Å². The number of carbonyl (C=O) groups excluding carboxylic acids is 2. The highest BCUT2D eigenvalue weighted by molar-refractivity contribution is 9.10. The number of ether oxygens (including phenoxy) is 1. The molecule has 1 N–H and O–H groups in total. The number of hydrogen-bond donors (Lipinski definition) is 1. The van der Waals surface area contributed by atoms with Gasteiger partial charge in [-0.2, -0.15) is 0 Å². The van der Waals surface area contributed by atoms with Crippen molar-refractivity contribution in [2.24, 2.45) is 5.92 Å². The van der Waals surface area contributed by atoms with Crippen LogP contribution in [0.15, 0.2) is 28.7 Å². The Morgan fingerprint density at radius 2 is 2.00 bits per heavy atom. The first-order chi connectivity index (χ1) is 11.5. The average Bonchev–Trinajstić information content (AvgIpc) is 2.91. The molecule has 0 spiro atoms. The highest BCUT2D eigenvalue weighted by Crippen LogP contribution is 2.40. The van der Waals surface area contributed by atoms with Crippen molar-refractivity contribution in [2.75, 3.05) is 12.4 Å². The van der Waals surface area contributed by atoms with E-state index in [2.05, 4.69) is 28.2 Å². The van der Waals surface area contributed by atoms with Crippen molar-refractivity contribution in [1.82, 2.24) is 0 Å². The Labute approximate surface area is 153 Å². The second-order valence-corrected chi connectivity index (χ2v) is 8.03. The standard InChI is InChI=1S/C18H18BrNO3S/c1-10-3-8-13-14(9-10)24-17(15(13)18(22)23-2)20-16(21)11-4-6-12(19)7-5-11/h4-7,10H,3,8-9H2,1-2H3,(H,20,21). The highest BCUT2D eigenvalue weighted by Gasteiger charge is 2.29. The fraction of sp³-hybridized carbons (Fsp3) is 0.333. The van der Waals surface area contributed by atoms with Crippen molar-refractivity contribution in [3.8, 4) is 0 Å². The minimum Gasteiger partial charge on any atom is -0.465 e. The summed E-state index contributed by atoms with van der Waals surface area (Å²) in [5, 5.41) is 3.49. The lowest BCUT2D eigenvalue weighted by Gasteiger charge is -2.18. The third-order valence-corrected chi connectivity index (χ3v) is 5.93. The van der Waals surface area contributed by atoms with E-state index < -0.39 is 0 Å². The Morgan fingerprint density at radius 1 is 1.29 bits per heavy atom. The number of nitrogens with one attached hydrogen (secondary N) is 1. The molecule has 4 nitrogen and oxygen atoms in total. The minimum atomic E-state index is -0.381. The first-order valence-electron chi connectivity index (χ1n) is 7.79. The summed E-state index contributed by atoms with van der Waals surface area (Å²) in [5.74, 6) is -0.0101. The predicted octanol–water partition coefficient (Wildman–Crippen LogP) is 4.67. The number of halogens is 1. The molecule has 1 unspecified atom stereocenters. The number of carbonyl (C=O) groups is 2. The predicted molar refractivity (Wildman–Crippen MR) is 98.9 cm³/mol. The summed E-state index contributed by atoms with van der Waals surface area (Å²) >= 11 is 4.85. The third kappa shape index (κ3) is 3.39. The van der Waals surface area contributed by atoms with Gasteiger partial charge in [0.1, 0.15) is 5.00 Å². The summed E-state index contributed by atoms with van der Waals surface area (Å²) < 4.78 is 5.85. The second-order valence-electron chi connectivity index (χ2n) is 6.01. The van der Waals surface area contributed by atoms with Gasteiger partial charge in [-0.05, 0) is 55.0 Å². The summed E-state index contributed by atoms with van der Waals surface area (Å²) in [4.78, 5) is 25.9. The Kier molecular flexibility index (Phi) is 5.06. The molecule has 24 heavy (non-hydrogen) atoms. The summed E-state index contributed by atoms with van der Waals surface area (Å²) in [5.41, 5.74) is 2.11. The van der Waals surface area contributed by atoms with Crippen LogP contribution in [0.25, 0.3) is 0 Å². The lowest BCUT2D eigenvalue weighted by molar-refractivity contribution is 0.0601. The number of amides is 1. The van der Waals surface area contributed by atoms with Crippen molar-refractivity contribution in [3.63, 3.8) is 0 Å². The maximum atomic E-state index is 12.5. The number of esters is 1. The van der Waals surface area contributed by atoms with Crippen molar-refractivity contribution in [1.29, 1.82) is 0 Å². The van der Waals surface area contributed by atoms with Gasteiger partial charge in [-0.1, -0.05) is 22.9 Å². The Balaban J connectivity index is 1.93. The highest BCUT2D eigenvalue weighted by atomic mass is 79.9. The molecule has 1 aromatic heterocycles. The fourth-order valence-corrected chi connectivity index (χ4v) is 4.59. The van der Waals surface area contributed by atoms with Gasteiger partial charge in [-0.3, -0.25) is 4.79 Å². The summed E-state index contributed by atoms with van der Waals surface area (Å²) in [6, 6.07) is 7.12. The molecular formula is C18H18BrNO3S. The van der Waals surface area contributed by atoms with Gasteiger partial charge in [0, 0.05) is 14.9 Å². The summed E-state index contributed by atoms with van der Waals surface area (Å²) in [6.45, 7) is 2.21. The normalized spacial score (nSPS) is 16.4. The van der Waals surface area contributed by atoms with Gasteiger partial charge in [0.05, 0.1) is 12.7 Å². The van der Waals surface area contributed by atoms with E-state index in [9.17, 15) is 9.59 Å². The van der Waals surface area contributed by atoms with E-state index in [1.807, 2.05) is 12.1 Å². The molecule has 1 heterocycles. The number of thiophene rings is 1. The van der Waals surface area contributed by atoms with Crippen molar-refractivity contribution in [3.05, 3.63) is 50.3 Å². The lowest BCUT2D eigenvalue weighted by atomic mass is 9.88. The van der Waals surface area contributed by atoms with Crippen LogP contribution in [0.1, 0.15) is 44.5 Å². The zero-order valence-electron chi connectivity index (χ0n) is 13.5. The molecule has 1 amide bonds. The first-order valence-corrected chi connectivity index (χ1v) is 9.40. The van der Waals surface area contributed by atoms with Crippen LogP contribution < -0.4 is 5.32 Å². The van der Waals surface area contributed by atoms with Crippen molar-refractivity contribution in [2.45, 2.75) is 26.2 Å². The molecule has 0 saturated carbocycles. The van der Waals surface area contributed by atoms with Gasteiger partial charge in [-0.25, -0.2) is 4.79 Å². The molecule has 1 aliphatic carbocycles. The van der Waals surface area contributed by atoms with E-state index in [4.69, 9.17) is 4.74 Å². The number of benzene rings is 1. The zero-order chi connectivity index (χ0) is 17.3. The van der Waals surface area contributed by atoms with Crippen molar-refractivity contribution >= 4 is 44.1 Å². The quantitative estimate of drug-likeness (QED) is 0.751. The molecule has 6 heteroatoms. The van der Waals surface area contributed by atoms with Crippen LogP contribution in [0.5, 0.6) is 0 Å². The van der Waals surface area contributed by atoms with E-state index in [0.717, 1.165) is 29.3 Å². The fourth-order valence-electron chi connectivity index (χ4n) is 2.93. The second kappa shape index (κ2) is 7.07. The van der Waals surface area contributed by atoms with Gasteiger partial charge in [-0.15, -0.1) is 11.3 Å². The van der Waals surface area contributed by atoms with Crippen LogP contribution in [0.4, 0.5) is 5.00 Å². The molecule has 0 bridgehead atoms. The van der Waals surface area contributed by atoms with Crippen molar-refractivity contribution < 1.29 is 14.3 Å². The third-order valence-electron chi connectivity index (χ3n) is 4.23. The number of methoxy groups -OCH3 is 1. The summed E-state index contributed by atoms with van der Waals surface area (Å²) in [7, 11) is 1.37. The zero-order valence-corrected chi connectivity index (χ0v) is 15.9. The van der Waals surface area contributed by atoms with Crippen LogP contribution in [0, 0.1) is 5.92 Å². The number of fused-ring (bicyclic) bond motifs is 1. The molecule has 126 valence electrons. The van der Waals surface area contributed by atoms with Gasteiger partial charge in [0.15, 0.2) is 0 Å². The Morgan fingerprint density at radius 3 is 2.67 bits per heavy atom. The van der Waals surface area contributed by atoms with E-state index in [1.54, 1.807) is 12.1 Å². The topological polar surface area (TPSA) is 55.4 Å². The lowest BCUT2D eigenvalue weighted by Crippen LogP contribution is -2.16. The minimum absolute atomic E-state index is 0.223. The monoisotopic (exact) mass is 407 g/mol. The molecule has 1 aromatic carbocycles. The van der Waals surface area contributed by atoms with E-state index in [0.29, 0.717) is 22.0 Å². The van der Waals surface area contributed by atoms with E-state index >= 15 is 0 Å². The first kappa shape index (κ1) is 17.2. The molecule has 0 radical (unpaired) electrons. The molecule has 0 saturated heterocycles. The van der Waals surface area contributed by atoms with Crippen LogP contribution in [-0.2, 0) is 17.6 Å². The van der Waals surface area contributed by atoms with E-state index in [-0.39, 0.29) is 11.9 Å². The SMILES string of the molecule is COC(=O)c1c(NC(=O)c2ccc(Br)cc2)sc2c1CCC(C)C2. The van der Waals surface area contributed by atoms with Crippen LogP contribution in [0.2, 0.25) is 0 Å². The molecule has 1 atom stereocenters. The largest absolute Gasteiger partial charge is 0.465 e. The maximum absolute atomic E-state index is 12.5. The van der Waals surface area contributed by atoms with Gasteiger partial charge in [0.25, 0.3) is 5.91 Å². The smallest absolute Gasteiger partial charge is 0.341 e. The van der Waals surface area contributed by atoms with Gasteiger partial charge < -0.3 is 10.1 Å².